The van der Waals surface area contributed by atoms with Gasteiger partial charge in [-0.3, -0.25) is 9.78 Å². The lowest BCUT2D eigenvalue weighted by Crippen LogP contribution is -2.34. The molecule has 0 unspecified atom stereocenters. The highest BCUT2D eigenvalue weighted by atomic mass is 79.9. The number of hydrogen-bond acceptors (Lipinski definition) is 2. The van der Waals surface area contributed by atoms with E-state index < -0.39 is 0 Å². The molecule has 1 rings (SSSR count). The zero-order chi connectivity index (χ0) is 12.9. The van der Waals surface area contributed by atoms with Crippen molar-refractivity contribution in [3.63, 3.8) is 0 Å². The van der Waals surface area contributed by atoms with Crippen molar-refractivity contribution < 1.29 is 4.79 Å². The molecule has 0 saturated carbocycles. The first-order valence-corrected chi connectivity index (χ1v) is 6.90. The zero-order valence-electron chi connectivity index (χ0n) is 9.96. The van der Waals surface area contributed by atoms with Crippen molar-refractivity contribution in [3.8, 4) is 0 Å². The van der Waals surface area contributed by atoms with Gasteiger partial charge in [0.25, 0.3) is 5.91 Å². The molecule has 0 bridgehead atoms. The normalized spacial score (nSPS) is 11.3. The van der Waals surface area contributed by atoms with E-state index in [0.717, 1.165) is 11.8 Å². The molecule has 0 aliphatic carbocycles. The standard InChI is InChI=1S/C12H16BrClN2O/c1-12(2,4-5-13)8-16-11(17)9-3-6-15-7-10(9)14/h3,6-7H,4-5,8H2,1-2H3,(H,16,17). The number of alkyl halides is 1. The number of amides is 1. The lowest BCUT2D eigenvalue weighted by Gasteiger charge is -2.23. The average molecular weight is 320 g/mol. The summed E-state index contributed by atoms with van der Waals surface area (Å²) in [5, 5.41) is 4.19. The smallest absolute Gasteiger partial charge is 0.252 e. The summed E-state index contributed by atoms with van der Waals surface area (Å²) in [6, 6.07) is 1.62. The minimum absolute atomic E-state index is 0.0681. The Morgan fingerprint density at radius 2 is 2.29 bits per heavy atom. The molecule has 1 aromatic rings. The largest absolute Gasteiger partial charge is 0.351 e. The molecule has 5 heteroatoms. The molecule has 3 nitrogen and oxygen atoms in total. The number of halogens is 2. The van der Waals surface area contributed by atoms with Crippen molar-refractivity contribution in [2.75, 3.05) is 11.9 Å². The topological polar surface area (TPSA) is 42.0 Å². The Bertz CT molecular complexity index is 396. The first-order valence-electron chi connectivity index (χ1n) is 5.40. The van der Waals surface area contributed by atoms with Gasteiger partial charge in [-0.05, 0) is 17.9 Å². The molecule has 0 saturated heterocycles. The van der Waals surface area contributed by atoms with Crippen LogP contribution in [0.3, 0.4) is 0 Å². The summed E-state index contributed by atoms with van der Waals surface area (Å²) in [5.74, 6) is -0.153. The lowest BCUT2D eigenvalue weighted by molar-refractivity contribution is 0.0936. The molecule has 1 amide bonds. The molecule has 1 heterocycles. The first kappa shape index (κ1) is 14.5. The van der Waals surface area contributed by atoms with Crippen LogP contribution in [0.1, 0.15) is 30.6 Å². The number of nitrogens with one attached hydrogen (secondary N) is 1. The third-order valence-electron chi connectivity index (χ3n) is 2.52. The van der Waals surface area contributed by atoms with E-state index in [-0.39, 0.29) is 11.3 Å². The van der Waals surface area contributed by atoms with Gasteiger partial charge >= 0.3 is 0 Å². The molecule has 0 fully saturated rings. The summed E-state index contributed by atoms with van der Waals surface area (Å²) >= 11 is 9.31. The van der Waals surface area contributed by atoms with Crippen LogP contribution in [0.25, 0.3) is 0 Å². The SMILES string of the molecule is CC(C)(CCBr)CNC(=O)c1ccncc1Cl. The number of hydrogen-bond donors (Lipinski definition) is 1. The van der Waals surface area contributed by atoms with Crippen LogP contribution in [0.15, 0.2) is 18.5 Å². The van der Waals surface area contributed by atoms with E-state index in [9.17, 15) is 4.79 Å². The van der Waals surface area contributed by atoms with Crippen LogP contribution in [-0.4, -0.2) is 22.8 Å². The summed E-state index contributed by atoms with van der Waals surface area (Å²) in [7, 11) is 0. The third kappa shape index (κ3) is 4.64. The van der Waals surface area contributed by atoms with Crippen molar-refractivity contribution in [2.45, 2.75) is 20.3 Å². The molecule has 0 aliphatic rings. The second kappa shape index (κ2) is 6.36. The molecule has 0 aromatic carbocycles. The average Bonchev–Trinajstić information content (AvgIpc) is 2.27. The predicted octanol–water partition coefficient (Wildman–Crippen LogP) is 3.28. The van der Waals surface area contributed by atoms with Crippen molar-refractivity contribution in [2.24, 2.45) is 5.41 Å². The molecule has 1 aromatic heterocycles. The number of rotatable bonds is 5. The lowest BCUT2D eigenvalue weighted by atomic mass is 9.90. The molecule has 1 N–H and O–H groups in total. The van der Waals surface area contributed by atoms with Gasteiger partial charge in [0.15, 0.2) is 0 Å². The number of nitrogens with zero attached hydrogens (tertiary/aromatic N) is 1. The maximum Gasteiger partial charge on any atom is 0.252 e. The van der Waals surface area contributed by atoms with Gasteiger partial charge in [0.05, 0.1) is 10.6 Å². The summed E-state index contributed by atoms with van der Waals surface area (Å²) in [4.78, 5) is 15.7. The summed E-state index contributed by atoms with van der Waals surface area (Å²) in [6.07, 6.45) is 4.03. The van der Waals surface area contributed by atoms with Crippen molar-refractivity contribution in [3.05, 3.63) is 29.0 Å². The number of carbonyl (C=O) groups excluding carboxylic acids is 1. The minimum Gasteiger partial charge on any atom is -0.351 e. The van der Waals surface area contributed by atoms with Gasteiger partial charge < -0.3 is 5.32 Å². The highest BCUT2D eigenvalue weighted by Crippen LogP contribution is 2.20. The molecule has 0 atom stereocenters. The Balaban J connectivity index is 2.59. The number of aromatic nitrogens is 1. The Labute approximate surface area is 115 Å². The number of pyridine rings is 1. The van der Waals surface area contributed by atoms with Gasteiger partial charge in [-0.25, -0.2) is 0 Å². The maximum absolute atomic E-state index is 11.9. The molecular weight excluding hydrogens is 304 g/mol. The second-order valence-electron chi connectivity index (χ2n) is 4.64. The fourth-order valence-electron chi connectivity index (χ4n) is 1.32. The Kier molecular flexibility index (Phi) is 5.40. The van der Waals surface area contributed by atoms with E-state index in [0.29, 0.717) is 17.1 Å². The highest BCUT2D eigenvalue weighted by molar-refractivity contribution is 9.09. The molecule has 0 spiro atoms. The van der Waals surface area contributed by atoms with Gasteiger partial charge in [0, 0.05) is 24.3 Å². The minimum atomic E-state index is -0.153. The fourth-order valence-corrected chi connectivity index (χ4v) is 2.60. The Hall–Kier alpha value is -0.610. The predicted molar refractivity (Wildman–Crippen MR) is 73.8 cm³/mol. The molecule has 94 valence electrons. The molecular formula is C12H16BrClN2O. The summed E-state index contributed by atoms with van der Waals surface area (Å²) in [5.41, 5.74) is 0.537. The second-order valence-corrected chi connectivity index (χ2v) is 5.84. The van der Waals surface area contributed by atoms with Gasteiger partial charge in [-0.2, -0.15) is 0 Å². The van der Waals surface area contributed by atoms with Crippen LogP contribution < -0.4 is 5.32 Å². The van der Waals surface area contributed by atoms with E-state index >= 15 is 0 Å². The molecule has 0 aliphatic heterocycles. The van der Waals surface area contributed by atoms with Crippen LogP contribution >= 0.6 is 27.5 Å². The Morgan fingerprint density at radius 1 is 1.59 bits per heavy atom. The highest BCUT2D eigenvalue weighted by Gasteiger charge is 2.19. The first-order chi connectivity index (χ1) is 7.96. The van der Waals surface area contributed by atoms with Gasteiger partial charge in [-0.1, -0.05) is 41.4 Å². The van der Waals surface area contributed by atoms with E-state index in [1.54, 1.807) is 12.3 Å². The third-order valence-corrected chi connectivity index (χ3v) is 3.21. The van der Waals surface area contributed by atoms with E-state index in [2.05, 4.69) is 40.1 Å². The van der Waals surface area contributed by atoms with Gasteiger partial charge in [0.1, 0.15) is 0 Å². The summed E-state index contributed by atoms with van der Waals surface area (Å²) < 4.78 is 0. The molecule has 0 radical (unpaired) electrons. The fraction of sp³-hybridized carbons (Fsp3) is 0.500. The van der Waals surface area contributed by atoms with Crippen LogP contribution in [0.5, 0.6) is 0 Å². The maximum atomic E-state index is 11.9. The van der Waals surface area contributed by atoms with Crippen LogP contribution in [-0.2, 0) is 0 Å². The van der Waals surface area contributed by atoms with E-state index in [4.69, 9.17) is 11.6 Å². The summed E-state index contributed by atoms with van der Waals surface area (Å²) in [6.45, 7) is 4.85. The van der Waals surface area contributed by atoms with E-state index in [1.165, 1.54) is 6.20 Å². The monoisotopic (exact) mass is 318 g/mol. The van der Waals surface area contributed by atoms with Crippen LogP contribution in [0.4, 0.5) is 0 Å². The van der Waals surface area contributed by atoms with Crippen molar-refractivity contribution in [1.29, 1.82) is 0 Å². The van der Waals surface area contributed by atoms with E-state index in [1.807, 2.05) is 0 Å². The van der Waals surface area contributed by atoms with Gasteiger partial charge in [0.2, 0.25) is 0 Å². The van der Waals surface area contributed by atoms with Crippen molar-refractivity contribution in [1.82, 2.24) is 10.3 Å². The van der Waals surface area contributed by atoms with Gasteiger partial charge in [-0.15, -0.1) is 0 Å². The Morgan fingerprint density at radius 3 is 2.88 bits per heavy atom. The molecule has 17 heavy (non-hydrogen) atoms. The van der Waals surface area contributed by atoms with Crippen molar-refractivity contribution >= 4 is 33.4 Å². The zero-order valence-corrected chi connectivity index (χ0v) is 12.3. The number of carbonyl (C=O) groups is 1. The van der Waals surface area contributed by atoms with Crippen LogP contribution in [0, 0.1) is 5.41 Å². The quantitative estimate of drug-likeness (QED) is 0.846. The van der Waals surface area contributed by atoms with Crippen LogP contribution in [0.2, 0.25) is 5.02 Å².